The number of benzene rings is 2. The minimum atomic E-state index is -2.40. The molecular weight excluding hydrogens is 459 g/mol. The number of hydrogen-bond acceptors (Lipinski definition) is 4. The molecule has 0 radical (unpaired) electrons. The topological polar surface area (TPSA) is 58.6 Å². The molecule has 2 aromatic carbocycles. The number of rotatable bonds is 5. The normalized spacial score (nSPS) is 10.5. The Morgan fingerprint density at radius 1 is 1.12 bits per heavy atom. The molecule has 9 heteroatoms. The van der Waals surface area contributed by atoms with Gasteiger partial charge in [-0.05, 0) is 40.3 Å². The van der Waals surface area contributed by atoms with Crippen LogP contribution in [0.4, 0.5) is 17.6 Å². The molecule has 0 unspecified atom stereocenters. The summed E-state index contributed by atoms with van der Waals surface area (Å²) >= 11 is 1.75. The third-order valence-corrected chi connectivity index (χ3v) is 3.92. The second kappa shape index (κ2) is 7.30. The second-order valence-corrected chi connectivity index (χ2v) is 5.75. The van der Waals surface area contributed by atoms with E-state index in [2.05, 4.69) is 6.58 Å². The van der Waals surface area contributed by atoms with Crippen LogP contribution in [0.2, 0.25) is 0 Å². The van der Waals surface area contributed by atoms with Crippen molar-refractivity contribution in [2.45, 2.75) is 0 Å². The predicted molar refractivity (Wildman–Crippen MR) is 86.5 cm³/mol. The number of halogens is 5. The van der Waals surface area contributed by atoms with Gasteiger partial charge in [-0.1, -0.05) is 12.7 Å². The van der Waals surface area contributed by atoms with E-state index in [1.165, 1.54) is 25.3 Å². The van der Waals surface area contributed by atoms with Gasteiger partial charge in [0.2, 0.25) is 17.4 Å². The molecule has 0 atom stereocenters. The number of carboxylic acids is 1. The van der Waals surface area contributed by atoms with Crippen LogP contribution in [0, 0.1) is 26.8 Å². The average molecular weight is 467 g/mol. The van der Waals surface area contributed by atoms with Gasteiger partial charge in [-0.15, -0.1) is 0 Å². The van der Waals surface area contributed by atoms with Crippen LogP contribution in [0.5, 0.6) is 17.2 Å². The third kappa shape index (κ3) is 3.41. The smallest absolute Gasteiger partial charge is 0.205 e. The van der Waals surface area contributed by atoms with Crippen molar-refractivity contribution < 1.29 is 36.9 Å². The summed E-state index contributed by atoms with van der Waals surface area (Å²) in [6.07, 6.45) is 1.48. The van der Waals surface area contributed by atoms with Crippen molar-refractivity contribution in [3.63, 3.8) is 0 Å². The van der Waals surface area contributed by atoms with Gasteiger partial charge in [-0.3, -0.25) is 0 Å². The fourth-order valence-corrected chi connectivity index (χ4v) is 2.67. The average Bonchev–Trinajstić information content (AvgIpc) is 2.57. The Kier molecular flexibility index (Phi) is 5.55. The first kappa shape index (κ1) is 19.0. The minimum absolute atomic E-state index is 0.0189. The zero-order valence-electron chi connectivity index (χ0n) is 12.5. The van der Waals surface area contributed by atoms with Gasteiger partial charge < -0.3 is 19.4 Å². The maximum Gasteiger partial charge on any atom is 0.205 e. The highest BCUT2D eigenvalue weighted by Gasteiger charge is 2.29. The summed E-state index contributed by atoms with van der Waals surface area (Å²) < 4.78 is 65.8. The zero-order chi connectivity index (χ0) is 18.9. The third-order valence-electron chi connectivity index (χ3n) is 3.12. The lowest BCUT2D eigenvalue weighted by atomic mass is 10.1. The first-order valence-electron chi connectivity index (χ1n) is 6.48. The molecule has 0 aliphatic heterocycles. The van der Waals surface area contributed by atoms with E-state index < -0.39 is 40.6 Å². The Labute approximate surface area is 152 Å². The Hall–Kier alpha value is -2.30. The fraction of sp³-hybridized carbons (Fsp3) is 0.0625. The maximum atomic E-state index is 14.0. The van der Waals surface area contributed by atoms with Crippen LogP contribution in [0.1, 0.15) is 15.9 Å². The van der Waals surface area contributed by atoms with Gasteiger partial charge >= 0.3 is 0 Å². The monoisotopic (exact) mass is 467 g/mol. The molecule has 0 aliphatic rings. The SMILES string of the molecule is C=Cc1cc(I)c(Oc2c(F)c(F)c(C(=O)[O-])c(F)c2F)c(OC)c1. The molecule has 0 aromatic heterocycles. The molecule has 0 fully saturated rings. The molecule has 0 N–H and O–H groups in total. The van der Waals surface area contributed by atoms with Gasteiger partial charge in [-0.25, -0.2) is 8.78 Å². The van der Waals surface area contributed by atoms with Crippen LogP contribution in [0.15, 0.2) is 18.7 Å². The van der Waals surface area contributed by atoms with Crippen molar-refractivity contribution in [3.05, 3.63) is 56.7 Å². The zero-order valence-corrected chi connectivity index (χ0v) is 14.6. The van der Waals surface area contributed by atoms with E-state index in [4.69, 9.17) is 9.47 Å². The summed E-state index contributed by atoms with van der Waals surface area (Å²) in [5, 5.41) is 10.6. The first-order valence-corrected chi connectivity index (χ1v) is 7.55. The number of aromatic carboxylic acids is 1. The summed E-state index contributed by atoms with van der Waals surface area (Å²) in [6.45, 7) is 3.56. The number of hydrogen-bond donors (Lipinski definition) is 0. The van der Waals surface area contributed by atoms with Gasteiger partial charge in [0.15, 0.2) is 23.1 Å². The molecule has 0 bridgehead atoms. The van der Waals surface area contributed by atoms with E-state index in [0.29, 0.717) is 9.13 Å². The molecule has 4 nitrogen and oxygen atoms in total. The van der Waals surface area contributed by atoms with E-state index in [0.717, 1.165) is 0 Å². The molecule has 2 rings (SSSR count). The van der Waals surface area contributed by atoms with Gasteiger partial charge in [-0.2, -0.15) is 8.78 Å². The molecule has 0 amide bonds. The summed E-state index contributed by atoms with van der Waals surface area (Å²) in [7, 11) is 1.25. The van der Waals surface area contributed by atoms with Crippen molar-refractivity contribution in [2.75, 3.05) is 7.11 Å². The minimum Gasteiger partial charge on any atom is -0.545 e. The molecule has 0 heterocycles. The lowest BCUT2D eigenvalue weighted by Gasteiger charge is -2.16. The van der Waals surface area contributed by atoms with Crippen LogP contribution in [0.25, 0.3) is 6.08 Å². The van der Waals surface area contributed by atoms with Crippen LogP contribution in [0.3, 0.4) is 0 Å². The van der Waals surface area contributed by atoms with E-state index in [-0.39, 0.29) is 11.5 Å². The Morgan fingerprint density at radius 3 is 2.12 bits per heavy atom. The van der Waals surface area contributed by atoms with E-state index in [1.54, 1.807) is 22.6 Å². The Balaban J connectivity index is 2.67. The molecular formula is C16H8F4IO4-. The Bertz CT molecular complexity index is 854. The number of carbonyl (C=O) groups excluding carboxylic acids is 1. The lowest BCUT2D eigenvalue weighted by Crippen LogP contribution is -2.26. The van der Waals surface area contributed by atoms with Crippen LogP contribution in [-0.2, 0) is 0 Å². The van der Waals surface area contributed by atoms with Gasteiger partial charge in [0.25, 0.3) is 0 Å². The van der Waals surface area contributed by atoms with Gasteiger partial charge in [0.05, 0.1) is 22.2 Å². The molecule has 0 saturated carbocycles. The number of carbonyl (C=O) groups is 1. The number of ether oxygens (including phenoxy) is 2. The Morgan fingerprint density at radius 2 is 1.68 bits per heavy atom. The van der Waals surface area contributed by atoms with Gasteiger partial charge in [0.1, 0.15) is 0 Å². The number of methoxy groups -OCH3 is 1. The quantitative estimate of drug-likeness (QED) is 0.383. The molecule has 0 spiro atoms. The van der Waals surface area contributed by atoms with Crippen molar-refractivity contribution in [2.24, 2.45) is 0 Å². The highest BCUT2D eigenvalue weighted by atomic mass is 127. The molecule has 132 valence electrons. The van der Waals surface area contributed by atoms with Crippen molar-refractivity contribution in [1.82, 2.24) is 0 Å². The van der Waals surface area contributed by atoms with Crippen molar-refractivity contribution >= 4 is 34.6 Å². The summed E-state index contributed by atoms with van der Waals surface area (Å²) in [5.41, 5.74) is -1.26. The van der Waals surface area contributed by atoms with Crippen LogP contribution >= 0.6 is 22.6 Å². The maximum absolute atomic E-state index is 14.0. The van der Waals surface area contributed by atoms with Crippen molar-refractivity contribution in [3.8, 4) is 17.2 Å². The molecule has 25 heavy (non-hydrogen) atoms. The van der Waals surface area contributed by atoms with Crippen LogP contribution < -0.4 is 14.6 Å². The standard InChI is InChI=1S/C16H9F4IO4/c1-3-6-4-7(21)14(8(5-6)24-2)25-15-12(19)10(17)9(16(22)23)11(18)13(15)20/h3-5H,1H2,2H3,(H,22,23)/p-1. The molecule has 0 saturated heterocycles. The van der Waals surface area contributed by atoms with Crippen molar-refractivity contribution in [1.29, 1.82) is 0 Å². The second-order valence-electron chi connectivity index (χ2n) is 4.59. The van der Waals surface area contributed by atoms with E-state index >= 15 is 0 Å². The highest BCUT2D eigenvalue weighted by molar-refractivity contribution is 14.1. The molecule has 2 aromatic rings. The molecule has 0 aliphatic carbocycles. The largest absolute Gasteiger partial charge is 0.545 e. The summed E-state index contributed by atoms with van der Waals surface area (Å²) in [4.78, 5) is 10.6. The summed E-state index contributed by atoms with van der Waals surface area (Å²) in [5.74, 6) is -12.3. The predicted octanol–water partition coefficient (Wildman–Crippen LogP) is 3.66. The first-order chi connectivity index (χ1) is 11.7. The lowest BCUT2D eigenvalue weighted by molar-refractivity contribution is -0.255. The fourth-order valence-electron chi connectivity index (χ4n) is 1.94. The van der Waals surface area contributed by atoms with E-state index in [1.807, 2.05) is 0 Å². The highest BCUT2D eigenvalue weighted by Crippen LogP contribution is 2.40. The number of carboxylic acid groups (broad SMARTS) is 1. The van der Waals surface area contributed by atoms with E-state index in [9.17, 15) is 27.5 Å². The van der Waals surface area contributed by atoms with Crippen LogP contribution in [-0.4, -0.2) is 13.1 Å². The summed E-state index contributed by atoms with van der Waals surface area (Å²) in [6, 6.07) is 2.94. The van der Waals surface area contributed by atoms with Gasteiger partial charge in [0, 0.05) is 0 Å².